The molecule has 1 N–H and O–H groups in total. The molecule has 0 aromatic carbocycles. The van der Waals surface area contributed by atoms with E-state index in [1.165, 1.54) is 32.1 Å². The van der Waals surface area contributed by atoms with E-state index < -0.39 is 0 Å². The third-order valence-electron chi connectivity index (χ3n) is 13.0. The summed E-state index contributed by atoms with van der Waals surface area (Å²) in [5.41, 5.74) is 2.58. The molecule has 0 radical (unpaired) electrons. The van der Waals surface area contributed by atoms with Gasteiger partial charge in [0.1, 0.15) is 6.10 Å². The van der Waals surface area contributed by atoms with Gasteiger partial charge in [0.15, 0.2) is 5.75 Å². The fourth-order valence-corrected chi connectivity index (χ4v) is 10.9. The van der Waals surface area contributed by atoms with Crippen molar-refractivity contribution in [1.82, 2.24) is 14.7 Å². The number of fused-ring (bicyclic) bond motifs is 5. The average Bonchev–Trinajstić information content (AvgIpc) is 3.50. The van der Waals surface area contributed by atoms with Crippen LogP contribution in [0.3, 0.4) is 0 Å². The van der Waals surface area contributed by atoms with Crippen molar-refractivity contribution in [2.75, 3.05) is 13.1 Å². The molecule has 1 amide bonds. The molecule has 6 heteroatoms. The van der Waals surface area contributed by atoms with Gasteiger partial charge in [0.05, 0.1) is 18.5 Å². The van der Waals surface area contributed by atoms with Crippen LogP contribution >= 0.6 is 0 Å². The van der Waals surface area contributed by atoms with Gasteiger partial charge in [-0.05, 0) is 97.7 Å². The number of nitrogens with zero attached hydrogens (tertiary/aromatic N) is 3. The van der Waals surface area contributed by atoms with E-state index in [1.807, 2.05) is 13.2 Å². The standard InChI is InChI=1S/C34H53N3O3/c1-23(6-9-31(39)37-18-13-26(14-19-37)40-27-21-35-36(5)22-27)28-7-8-29-33(28,3)17-12-30-32(2)16-11-25(38)20-24(32)10-15-34(29,30)4/h10,21-23,25-26,28-30,38H,6-9,11-20H2,1-5H3/t23-,25+,28-,29-,30-,32+,33-,34+/m1/s1. The van der Waals surface area contributed by atoms with Crippen molar-refractivity contribution < 1.29 is 14.6 Å². The third kappa shape index (κ3) is 4.74. The van der Waals surface area contributed by atoms with Crippen molar-refractivity contribution in [3.8, 4) is 5.75 Å². The Morgan fingerprint density at radius 2 is 1.85 bits per heavy atom. The van der Waals surface area contributed by atoms with E-state index in [2.05, 4.69) is 43.8 Å². The highest BCUT2D eigenvalue weighted by Crippen LogP contribution is 2.71. The largest absolute Gasteiger partial charge is 0.487 e. The third-order valence-corrected chi connectivity index (χ3v) is 13.0. The smallest absolute Gasteiger partial charge is 0.222 e. The molecule has 8 atom stereocenters. The van der Waals surface area contributed by atoms with Gasteiger partial charge in [-0.2, -0.15) is 5.10 Å². The number of hydrogen-bond donors (Lipinski definition) is 1. The summed E-state index contributed by atoms with van der Waals surface area (Å²) in [5.74, 6) is 3.96. The summed E-state index contributed by atoms with van der Waals surface area (Å²) in [7, 11) is 1.90. The predicted molar refractivity (Wildman–Crippen MR) is 158 cm³/mol. The Balaban J connectivity index is 1.04. The van der Waals surface area contributed by atoms with Crippen molar-refractivity contribution in [3.63, 3.8) is 0 Å². The van der Waals surface area contributed by atoms with Gasteiger partial charge in [-0.25, -0.2) is 0 Å². The molecule has 1 aromatic heterocycles. The van der Waals surface area contributed by atoms with Crippen LogP contribution in [0.2, 0.25) is 0 Å². The van der Waals surface area contributed by atoms with Gasteiger partial charge in [0, 0.05) is 39.4 Å². The van der Waals surface area contributed by atoms with E-state index in [4.69, 9.17) is 4.74 Å². The molecule has 4 fully saturated rings. The SMILES string of the molecule is C[C@H](CCC(=O)N1CCC(Oc2cnn(C)c2)CC1)[C@H]1CC[C@@H]2[C@]1(C)CC[C@H]1[C@@]2(C)CC=C2C[C@@H](O)CC[C@@]21C. The van der Waals surface area contributed by atoms with Gasteiger partial charge in [-0.15, -0.1) is 0 Å². The van der Waals surface area contributed by atoms with Crippen molar-refractivity contribution >= 4 is 5.91 Å². The highest BCUT2D eigenvalue weighted by molar-refractivity contribution is 5.76. The van der Waals surface area contributed by atoms with Gasteiger partial charge >= 0.3 is 0 Å². The van der Waals surface area contributed by atoms with Gasteiger partial charge in [0.25, 0.3) is 0 Å². The van der Waals surface area contributed by atoms with Crippen LogP contribution in [0.25, 0.3) is 0 Å². The van der Waals surface area contributed by atoms with Gasteiger partial charge in [0.2, 0.25) is 5.91 Å². The molecular weight excluding hydrogens is 498 g/mol. The first-order valence-electron chi connectivity index (χ1n) is 16.3. The summed E-state index contributed by atoms with van der Waals surface area (Å²) in [6, 6.07) is 0. The number of aromatic nitrogens is 2. The Morgan fingerprint density at radius 1 is 1.07 bits per heavy atom. The number of rotatable bonds is 6. The number of amides is 1. The Morgan fingerprint density at radius 3 is 2.58 bits per heavy atom. The van der Waals surface area contributed by atoms with Crippen LogP contribution in [0, 0.1) is 39.9 Å². The average molecular weight is 552 g/mol. The highest BCUT2D eigenvalue weighted by Gasteiger charge is 2.63. The monoisotopic (exact) mass is 551 g/mol. The Hall–Kier alpha value is -1.82. The van der Waals surface area contributed by atoms with Crippen LogP contribution in [-0.4, -0.2) is 51.0 Å². The molecule has 40 heavy (non-hydrogen) atoms. The summed E-state index contributed by atoms with van der Waals surface area (Å²) in [5, 5.41) is 14.6. The minimum atomic E-state index is -0.136. The minimum absolute atomic E-state index is 0.136. The minimum Gasteiger partial charge on any atom is -0.487 e. The van der Waals surface area contributed by atoms with E-state index in [0.717, 1.165) is 69.2 Å². The summed E-state index contributed by atoms with van der Waals surface area (Å²) < 4.78 is 7.84. The summed E-state index contributed by atoms with van der Waals surface area (Å²) in [4.78, 5) is 15.3. The molecule has 3 saturated carbocycles. The number of allylic oxidation sites excluding steroid dienone is 1. The van der Waals surface area contributed by atoms with Crippen LogP contribution < -0.4 is 4.74 Å². The lowest BCUT2D eigenvalue weighted by molar-refractivity contribution is -0.134. The molecule has 0 bridgehead atoms. The lowest BCUT2D eigenvalue weighted by atomic mass is 9.41. The zero-order chi connectivity index (χ0) is 28.3. The lowest BCUT2D eigenvalue weighted by Crippen LogP contribution is -2.56. The maximum Gasteiger partial charge on any atom is 0.222 e. The molecule has 0 unspecified atom stereocenters. The molecule has 4 aliphatic carbocycles. The first-order chi connectivity index (χ1) is 19.0. The van der Waals surface area contributed by atoms with Gasteiger partial charge in [-0.3, -0.25) is 9.48 Å². The Kier molecular flexibility index (Phi) is 7.41. The number of carbonyl (C=O) groups is 1. The normalized spacial score (nSPS) is 40.5. The predicted octanol–water partition coefficient (Wildman–Crippen LogP) is 6.54. The van der Waals surface area contributed by atoms with Crippen molar-refractivity contribution in [2.24, 2.45) is 47.0 Å². The van der Waals surface area contributed by atoms with Crippen LogP contribution in [0.15, 0.2) is 24.0 Å². The number of ether oxygens (including phenoxy) is 1. The maximum atomic E-state index is 13.2. The van der Waals surface area contributed by atoms with Crippen molar-refractivity contribution in [3.05, 3.63) is 24.0 Å². The molecule has 5 aliphatic rings. The molecule has 1 aromatic rings. The first-order valence-corrected chi connectivity index (χ1v) is 16.3. The number of aliphatic hydroxyl groups excluding tert-OH is 1. The van der Waals surface area contributed by atoms with Gasteiger partial charge < -0.3 is 14.7 Å². The Labute approximate surface area is 241 Å². The summed E-state index contributed by atoms with van der Waals surface area (Å²) >= 11 is 0. The zero-order valence-corrected chi connectivity index (χ0v) is 25.7. The van der Waals surface area contributed by atoms with Crippen molar-refractivity contribution in [2.45, 2.75) is 117 Å². The van der Waals surface area contributed by atoms with E-state index in [1.54, 1.807) is 16.5 Å². The van der Waals surface area contributed by atoms with Crippen LogP contribution in [0.4, 0.5) is 0 Å². The molecule has 6 rings (SSSR count). The molecule has 1 saturated heterocycles. The van der Waals surface area contributed by atoms with Crippen LogP contribution in [-0.2, 0) is 11.8 Å². The summed E-state index contributed by atoms with van der Waals surface area (Å²) in [6.45, 7) is 11.8. The quantitative estimate of drug-likeness (QED) is 0.408. The fourth-order valence-electron chi connectivity index (χ4n) is 10.9. The number of aryl methyl sites for hydroxylation is 1. The second-order valence-electron chi connectivity index (χ2n) is 15.2. The van der Waals surface area contributed by atoms with Crippen LogP contribution in [0.5, 0.6) is 5.75 Å². The fraction of sp³-hybridized carbons (Fsp3) is 0.824. The number of piperidine rings is 1. The maximum absolute atomic E-state index is 13.2. The molecule has 0 spiro atoms. The topological polar surface area (TPSA) is 67.6 Å². The number of hydrogen-bond acceptors (Lipinski definition) is 4. The molecule has 1 aliphatic heterocycles. The summed E-state index contributed by atoms with van der Waals surface area (Å²) in [6.07, 6.45) is 19.3. The van der Waals surface area contributed by atoms with E-state index in [0.29, 0.717) is 35.0 Å². The molecule has 6 nitrogen and oxygen atoms in total. The number of likely N-dealkylation sites (tertiary alicyclic amines) is 1. The second kappa shape index (κ2) is 10.5. The van der Waals surface area contributed by atoms with Crippen LogP contribution in [0.1, 0.15) is 105 Å². The van der Waals surface area contributed by atoms with E-state index in [9.17, 15) is 9.90 Å². The molecule has 2 heterocycles. The highest BCUT2D eigenvalue weighted by atomic mass is 16.5. The molecule has 222 valence electrons. The van der Waals surface area contributed by atoms with Crippen molar-refractivity contribution in [1.29, 1.82) is 0 Å². The molecular formula is C34H53N3O3. The second-order valence-corrected chi connectivity index (χ2v) is 15.2. The lowest BCUT2D eigenvalue weighted by Gasteiger charge is -2.63. The Bertz CT molecular complexity index is 1120. The van der Waals surface area contributed by atoms with Gasteiger partial charge in [-0.1, -0.05) is 39.3 Å². The number of aliphatic hydroxyl groups is 1. The number of carbonyl (C=O) groups excluding carboxylic acids is 1. The van der Waals surface area contributed by atoms with E-state index in [-0.39, 0.29) is 17.6 Å². The zero-order valence-electron chi connectivity index (χ0n) is 25.7. The van der Waals surface area contributed by atoms with E-state index >= 15 is 0 Å². The first kappa shape index (κ1) is 28.3.